The zero-order chi connectivity index (χ0) is 15.5. The lowest BCUT2D eigenvalue weighted by molar-refractivity contribution is -0.116. The van der Waals surface area contributed by atoms with Gasteiger partial charge in [0.2, 0.25) is 5.91 Å². The van der Waals surface area contributed by atoms with Crippen molar-refractivity contribution >= 4 is 22.7 Å². The maximum absolute atomic E-state index is 12.0. The van der Waals surface area contributed by atoms with Gasteiger partial charge in [-0.2, -0.15) is 0 Å². The van der Waals surface area contributed by atoms with Crippen molar-refractivity contribution in [1.82, 2.24) is 4.98 Å². The van der Waals surface area contributed by atoms with Gasteiger partial charge in [0.15, 0.2) is 5.58 Å². The summed E-state index contributed by atoms with van der Waals surface area (Å²) < 4.78 is 4.97. The zero-order valence-corrected chi connectivity index (χ0v) is 12.2. The molecule has 0 aliphatic rings. The molecule has 5 nitrogen and oxygen atoms in total. The number of hydrogen-bond acceptors (Lipinski definition) is 3. The first-order valence-corrected chi connectivity index (χ1v) is 7.08. The Morgan fingerprint density at radius 2 is 1.95 bits per heavy atom. The normalized spacial score (nSPS) is 10.8. The molecule has 22 heavy (non-hydrogen) atoms. The van der Waals surface area contributed by atoms with E-state index in [9.17, 15) is 9.59 Å². The van der Waals surface area contributed by atoms with Crippen LogP contribution in [0.25, 0.3) is 11.1 Å². The van der Waals surface area contributed by atoms with Crippen molar-refractivity contribution < 1.29 is 9.21 Å². The van der Waals surface area contributed by atoms with Gasteiger partial charge >= 0.3 is 5.76 Å². The molecule has 1 heterocycles. The van der Waals surface area contributed by atoms with Crippen LogP contribution in [0.1, 0.15) is 17.5 Å². The summed E-state index contributed by atoms with van der Waals surface area (Å²) in [4.78, 5) is 25.6. The zero-order valence-electron chi connectivity index (χ0n) is 12.2. The van der Waals surface area contributed by atoms with E-state index in [0.717, 1.165) is 5.56 Å². The van der Waals surface area contributed by atoms with Gasteiger partial charge in [-0.25, -0.2) is 4.79 Å². The molecule has 1 aromatic heterocycles. The van der Waals surface area contributed by atoms with E-state index < -0.39 is 5.76 Å². The van der Waals surface area contributed by atoms with Gasteiger partial charge in [-0.05, 0) is 31.0 Å². The Balaban J connectivity index is 1.62. The molecule has 0 unspecified atom stereocenters. The summed E-state index contributed by atoms with van der Waals surface area (Å²) in [5.74, 6) is -0.573. The highest BCUT2D eigenvalue weighted by atomic mass is 16.4. The van der Waals surface area contributed by atoms with Crippen LogP contribution in [-0.4, -0.2) is 10.9 Å². The van der Waals surface area contributed by atoms with Crippen LogP contribution in [-0.2, 0) is 11.2 Å². The molecule has 0 bridgehead atoms. The fraction of sp³-hybridized carbons (Fsp3) is 0.176. The van der Waals surface area contributed by atoms with Gasteiger partial charge in [-0.15, -0.1) is 0 Å². The Kier molecular flexibility index (Phi) is 3.78. The molecule has 0 saturated heterocycles. The van der Waals surface area contributed by atoms with Crippen molar-refractivity contribution in [3.05, 3.63) is 64.1 Å². The van der Waals surface area contributed by atoms with E-state index in [2.05, 4.69) is 10.3 Å². The van der Waals surface area contributed by atoms with Gasteiger partial charge in [0.1, 0.15) is 0 Å². The Hall–Kier alpha value is -2.82. The maximum Gasteiger partial charge on any atom is 0.417 e. The molecular formula is C17H16N2O3. The van der Waals surface area contributed by atoms with Crippen molar-refractivity contribution in [3.63, 3.8) is 0 Å². The minimum atomic E-state index is -0.502. The average molecular weight is 296 g/mol. The molecule has 0 aliphatic heterocycles. The molecule has 2 aromatic carbocycles. The molecular weight excluding hydrogens is 280 g/mol. The number of rotatable bonds is 4. The van der Waals surface area contributed by atoms with Crippen molar-refractivity contribution in [3.8, 4) is 0 Å². The number of carbonyl (C=O) groups excluding carboxylic acids is 1. The lowest BCUT2D eigenvalue weighted by Crippen LogP contribution is -2.12. The summed E-state index contributed by atoms with van der Waals surface area (Å²) in [6.07, 6.45) is 1.09. The minimum absolute atomic E-state index is 0.0715. The first kappa shape index (κ1) is 14.1. The molecule has 1 amide bonds. The molecule has 2 N–H and O–H groups in total. The van der Waals surface area contributed by atoms with Crippen LogP contribution >= 0.6 is 0 Å². The molecule has 0 radical (unpaired) electrons. The van der Waals surface area contributed by atoms with E-state index in [1.807, 2.05) is 31.2 Å². The molecule has 0 fully saturated rings. The number of aromatic amines is 1. The lowest BCUT2D eigenvalue weighted by Gasteiger charge is -2.05. The second-order valence-electron chi connectivity index (χ2n) is 5.26. The van der Waals surface area contributed by atoms with Crippen molar-refractivity contribution in [1.29, 1.82) is 0 Å². The average Bonchev–Trinajstić information content (AvgIpc) is 2.86. The predicted molar refractivity (Wildman–Crippen MR) is 85.0 cm³/mol. The smallest absolute Gasteiger partial charge is 0.408 e. The monoisotopic (exact) mass is 296 g/mol. The van der Waals surface area contributed by atoms with Gasteiger partial charge in [-0.1, -0.05) is 29.8 Å². The summed E-state index contributed by atoms with van der Waals surface area (Å²) in [7, 11) is 0. The van der Waals surface area contributed by atoms with Crippen molar-refractivity contribution in [2.24, 2.45) is 0 Å². The third kappa shape index (κ3) is 3.25. The standard InChI is InChI=1S/C17H16N2O3/c1-11-2-4-12(5-3-11)6-9-16(20)18-13-7-8-14-15(10-13)22-17(21)19-14/h2-5,7-8,10H,6,9H2,1H3,(H,18,20)(H,19,21). The van der Waals surface area contributed by atoms with Crippen LogP contribution in [0.15, 0.2) is 51.7 Å². The quantitative estimate of drug-likeness (QED) is 0.777. The molecule has 0 saturated carbocycles. The van der Waals surface area contributed by atoms with E-state index in [1.54, 1.807) is 18.2 Å². The highest BCUT2D eigenvalue weighted by Gasteiger charge is 2.06. The molecule has 5 heteroatoms. The first-order chi connectivity index (χ1) is 10.6. The molecule has 112 valence electrons. The summed E-state index contributed by atoms with van der Waals surface area (Å²) in [6.45, 7) is 2.03. The number of aromatic nitrogens is 1. The highest BCUT2D eigenvalue weighted by molar-refractivity contribution is 5.92. The highest BCUT2D eigenvalue weighted by Crippen LogP contribution is 2.16. The van der Waals surface area contributed by atoms with Crippen LogP contribution in [0.4, 0.5) is 5.69 Å². The summed E-state index contributed by atoms with van der Waals surface area (Å²) >= 11 is 0. The maximum atomic E-state index is 12.0. The second kappa shape index (κ2) is 5.89. The largest absolute Gasteiger partial charge is 0.417 e. The molecule has 3 aromatic rings. The lowest BCUT2D eigenvalue weighted by atomic mass is 10.1. The number of H-pyrrole nitrogens is 1. The molecule has 0 spiro atoms. The van der Waals surface area contributed by atoms with Gasteiger partial charge in [-0.3, -0.25) is 9.78 Å². The SMILES string of the molecule is Cc1ccc(CCC(=O)Nc2ccc3[nH]c(=O)oc3c2)cc1. The van der Waals surface area contributed by atoms with Crippen molar-refractivity contribution in [2.75, 3.05) is 5.32 Å². The fourth-order valence-electron chi connectivity index (χ4n) is 2.26. The van der Waals surface area contributed by atoms with Crippen LogP contribution in [0.2, 0.25) is 0 Å². The first-order valence-electron chi connectivity index (χ1n) is 7.08. The number of oxazole rings is 1. The number of fused-ring (bicyclic) bond motifs is 1. The van der Waals surface area contributed by atoms with E-state index in [-0.39, 0.29) is 5.91 Å². The molecule has 0 aliphatic carbocycles. The van der Waals surface area contributed by atoms with Gasteiger partial charge in [0.05, 0.1) is 5.52 Å². The number of benzene rings is 2. The summed E-state index contributed by atoms with van der Waals surface area (Å²) in [5.41, 5.74) is 4.00. The van der Waals surface area contributed by atoms with E-state index in [4.69, 9.17) is 4.42 Å². The predicted octanol–water partition coefficient (Wildman–Crippen LogP) is 3.00. The number of anilines is 1. The number of nitrogens with one attached hydrogen (secondary N) is 2. The fourth-order valence-corrected chi connectivity index (χ4v) is 2.26. The molecule has 0 atom stereocenters. The third-order valence-corrected chi connectivity index (χ3v) is 3.47. The van der Waals surface area contributed by atoms with Gasteiger partial charge < -0.3 is 9.73 Å². The second-order valence-corrected chi connectivity index (χ2v) is 5.26. The number of hydrogen-bond donors (Lipinski definition) is 2. The van der Waals surface area contributed by atoms with Crippen LogP contribution in [0, 0.1) is 6.92 Å². The Bertz CT molecular complexity index is 859. The van der Waals surface area contributed by atoms with Crippen LogP contribution in [0.5, 0.6) is 0 Å². The van der Waals surface area contributed by atoms with Gasteiger partial charge in [0.25, 0.3) is 0 Å². The Labute approximate surface area is 127 Å². The Morgan fingerprint density at radius 1 is 1.18 bits per heavy atom. The Morgan fingerprint density at radius 3 is 2.73 bits per heavy atom. The van der Waals surface area contributed by atoms with E-state index in [0.29, 0.717) is 29.6 Å². The van der Waals surface area contributed by atoms with Gasteiger partial charge in [0, 0.05) is 18.2 Å². The summed E-state index contributed by atoms with van der Waals surface area (Å²) in [6, 6.07) is 13.2. The molecule has 3 rings (SSSR count). The minimum Gasteiger partial charge on any atom is -0.408 e. The van der Waals surface area contributed by atoms with Crippen LogP contribution < -0.4 is 11.1 Å². The number of amides is 1. The van der Waals surface area contributed by atoms with E-state index >= 15 is 0 Å². The number of carbonyl (C=O) groups is 1. The van der Waals surface area contributed by atoms with E-state index in [1.165, 1.54) is 5.56 Å². The number of aryl methyl sites for hydroxylation is 2. The topological polar surface area (TPSA) is 75.1 Å². The van der Waals surface area contributed by atoms with Crippen molar-refractivity contribution in [2.45, 2.75) is 19.8 Å². The van der Waals surface area contributed by atoms with Crippen LogP contribution in [0.3, 0.4) is 0 Å². The summed E-state index contributed by atoms with van der Waals surface area (Å²) in [5, 5.41) is 2.81. The third-order valence-electron chi connectivity index (χ3n) is 3.47.